The van der Waals surface area contributed by atoms with E-state index in [0.717, 1.165) is 7.28 Å². The molecule has 3 aliphatic rings. The van der Waals surface area contributed by atoms with Gasteiger partial charge in [-0.05, 0) is 51.4 Å². The zero-order valence-corrected chi connectivity index (χ0v) is 22.5. The number of aromatic nitrogens is 1. The maximum absolute atomic E-state index is 3.98. The summed E-state index contributed by atoms with van der Waals surface area (Å²) in [5.41, 5.74) is 21.0. The van der Waals surface area contributed by atoms with Crippen LogP contribution in [-0.4, -0.2) is 12.3 Å². The normalized spacial score (nSPS) is 16.7. The van der Waals surface area contributed by atoms with Gasteiger partial charge in [0.15, 0.2) is 7.28 Å². The fourth-order valence-electron chi connectivity index (χ4n) is 8.12. The van der Waals surface area contributed by atoms with E-state index < -0.39 is 0 Å². The van der Waals surface area contributed by atoms with Gasteiger partial charge in [0.2, 0.25) is 0 Å². The Kier molecular flexibility index (Phi) is 4.00. The Morgan fingerprint density at radius 3 is 2.33 bits per heavy atom. The molecule has 0 fully saturated rings. The molecule has 39 heavy (non-hydrogen) atoms. The van der Waals surface area contributed by atoms with Gasteiger partial charge in [0, 0.05) is 33.5 Å². The highest BCUT2D eigenvalue weighted by molar-refractivity contribution is 6.71. The van der Waals surface area contributed by atoms with Crippen molar-refractivity contribution in [2.24, 2.45) is 0 Å². The van der Waals surface area contributed by atoms with Crippen molar-refractivity contribution < 1.29 is 0 Å². The molecule has 1 atom stereocenters. The first-order valence-corrected chi connectivity index (χ1v) is 14.1. The molecule has 0 bridgehead atoms. The van der Waals surface area contributed by atoms with Crippen LogP contribution in [0.15, 0.2) is 97.1 Å². The van der Waals surface area contributed by atoms with Crippen molar-refractivity contribution >= 4 is 29.1 Å². The fourth-order valence-corrected chi connectivity index (χ4v) is 8.12. The average molecular weight is 497 g/mol. The predicted molar refractivity (Wildman–Crippen MR) is 165 cm³/mol. The summed E-state index contributed by atoms with van der Waals surface area (Å²) in [6.45, 7) is 6.97. The molecule has 1 aliphatic heterocycles. The number of fused-ring (bicyclic) bond motifs is 10. The van der Waals surface area contributed by atoms with E-state index in [2.05, 4.69) is 123 Å². The molecule has 1 aromatic heterocycles. The van der Waals surface area contributed by atoms with Gasteiger partial charge in [-0.15, -0.1) is 0 Å². The van der Waals surface area contributed by atoms with E-state index in [1.165, 1.54) is 88.7 Å². The lowest BCUT2D eigenvalue weighted by atomic mass is 9.52. The molecule has 2 heteroatoms. The van der Waals surface area contributed by atoms with E-state index in [1.807, 2.05) is 0 Å². The summed E-state index contributed by atoms with van der Waals surface area (Å²) < 4.78 is 0. The third kappa shape index (κ3) is 2.62. The largest absolute Gasteiger partial charge is 0.357 e. The number of hydrogen-bond donors (Lipinski definition) is 1. The Hall–Kier alpha value is -4.30. The third-order valence-electron chi connectivity index (χ3n) is 9.77. The van der Waals surface area contributed by atoms with Gasteiger partial charge in [0.05, 0.1) is 5.52 Å². The van der Waals surface area contributed by atoms with Crippen LogP contribution in [0.4, 0.5) is 0 Å². The summed E-state index contributed by atoms with van der Waals surface area (Å²) in [6.07, 6.45) is 0. The highest BCUT2D eigenvalue weighted by Crippen LogP contribution is 2.53. The number of aryl methyl sites for hydroxylation is 1. The van der Waals surface area contributed by atoms with Crippen LogP contribution in [0.25, 0.3) is 44.3 Å². The zero-order chi connectivity index (χ0) is 26.0. The molecule has 6 aromatic rings. The van der Waals surface area contributed by atoms with Gasteiger partial charge in [0.25, 0.3) is 0 Å². The highest BCUT2D eigenvalue weighted by atomic mass is 14.8. The van der Waals surface area contributed by atoms with Gasteiger partial charge in [-0.2, -0.15) is 0 Å². The molecule has 0 radical (unpaired) electrons. The van der Waals surface area contributed by atoms with E-state index in [4.69, 9.17) is 0 Å². The smallest absolute Gasteiger partial charge is 0.193 e. The summed E-state index contributed by atoms with van der Waals surface area (Å²) in [5, 5.41) is 1.33. The van der Waals surface area contributed by atoms with Gasteiger partial charge in [-0.1, -0.05) is 127 Å². The zero-order valence-electron chi connectivity index (χ0n) is 22.5. The van der Waals surface area contributed by atoms with E-state index in [0.29, 0.717) is 5.92 Å². The topological polar surface area (TPSA) is 15.8 Å². The minimum atomic E-state index is -0.0445. The number of benzene rings is 5. The Bertz CT molecular complexity index is 2040. The number of rotatable bonds is 1. The van der Waals surface area contributed by atoms with Gasteiger partial charge in [-0.3, -0.25) is 0 Å². The van der Waals surface area contributed by atoms with Crippen LogP contribution < -0.4 is 10.9 Å². The first kappa shape index (κ1) is 21.6. The molecule has 1 nitrogen and oxygen atoms in total. The second-order valence-corrected chi connectivity index (χ2v) is 12.2. The molecule has 5 aromatic carbocycles. The molecule has 1 N–H and O–H groups in total. The standard InChI is InChI=1S/C37H28BN/c1-20-18-27(24-14-8-15-26-32-25-12-6-7-16-29(25)37(2,3)36(32)39-35(24)26)34-28(19-20)31-22-11-5-4-10-21(22)23-13-9-17-30(38-34)33(23)31/h4-19,31,38-39H,1-3H3/t31-/m1/s1. The summed E-state index contributed by atoms with van der Waals surface area (Å²) in [7, 11) is 0.976. The van der Waals surface area contributed by atoms with E-state index >= 15 is 0 Å². The monoisotopic (exact) mass is 497 g/mol. The lowest BCUT2D eigenvalue weighted by Gasteiger charge is -2.29. The maximum atomic E-state index is 3.98. The van der Waals surface area contributed by atoms with Crippen LogP contribution in [0.2, 0.25) is 0 Å². The van der Waals surface area contributed by atoms with Crippen molar-refractivity contribution in [3.8, 4) is 33.4 Å². The Balaban J connectivity index is 1.33. The SMILES string of the molecule is Cc1cc(-c2cccc3c4c([nH]c23)C(C)(C)c2ccccc2-4)c2c(c1)[C@H]1c3ccccc3-c3cccc(c31)B2. The van der Waals surface area contributed by atoms with Crippen molar-refractivity contribution in [3.63, 3.8) is 0 Å². The van der Waals surface area contributed by atoms with Gasteiger partial charge >= 0.3 is 0 Å². The summed E-state index contributed by atoms with van der Waals surface area (Å²) in [4.78, 5) is 3.98. The van der Waals surface area contributed by atoms with Gasteiger partial charge < -0.3 is 4.98 Å². The quantitative estimate of drug-likeness (QED) is 0.229. The minimum absolute atomic E-state index is 0.0445. The summed E-state index contributed by atoms with van der Waals surface area (Å²) >= 11 is 0. The van der Waals surface area contributed by atoms with Crippen molar-refractivity contribution in [1.29, 1.82) is 0 Å². The average Bonchev–Trinajstić information content (AvgIpc) is 3.58. The lowest BCUT2D eigenvalue weighted by Crippen LogP contribution is -2.40. The highest BCUT2D eigenvalue weighted by Gasteiger charge is 2.40. The molecular formula is C37H28BN. The van der Waals surface area contributed by atoms with Crippen LogP contribution in [0.3, 0.4) is 0 Å². The molecule has 2 aliphatic carbocycles. The Labute approximate surface area is 229 Å². The van der Waals surface area contributed by atoms with Gasteiger partial charge in [0.1, 0.15) is 0 Å². The third-order valence-corrected chi connectivity index (χ3v) is 9.77. The van der Waals surface area contributed by atoms with Crippen molar-refractivity contribution in [3.05, 3.63) is 131 Å². The van der Waals surface area contributed by atoms with E-state index in [9.17, 15) is 0 Å². The first-order valence-electron chi connectivity index (χ1n) is 14.1. The molecule has 184 valence electrons. The van der Waals surface area contributed by atoms with E-state index in [-0.39, 0.29) is 5.41 Å². The molecular weight excluding hydrogens is 469 g/mol. The second-order valence-electron chi connectivity index (χ2n) is 12.2. The van der Waals surface area contributed by atoms with Crippen LogP contribution in [0, 0.1) is 6.92 Å². The molecule has 0 amide bonds. The number of aromatic amines is 1. The summed E-state index contributed by atoms with van der Waals surface area (Å²) in [6, 6.07) is 36.7. The second kappa shape index (κ2) is 7.21. The van der Waals surface area contributed by atoms with Crippen LogP contribution in [-0.2, 0) is 5.41 Å². The predicted octanol–water partition coefficient (Wildman–Crippen LogP) is 7.31. The molecule has 0 saturated carbocycles. The van der Waals surface area contributed by atoms with Crippen molar-refractivity contribution in [1.82, 2.24) is 4.98 Å². The minimum Gasteiger partial charge on any atom is -0.357 e. The molecule has 0 spiro atoms. The number of H-pyrrole nitrogens is 1. The molecule has 0 unspecified atom stereocenters. The summed E-state index contributed by atoms with van der Waals surface area (Å²) in [5.74, 6) is 0.313. The molecule has 9 rings (SSSR count). The number of nitrogens with one attached hydrogen (secondary N) is 1. The molecule has 2 heterocycles. The van der Waals surface area contributed by atoms with Crippen LogP contribution in [0.5, 0.6) is 0 Å². The van der Waals surface area contributed by atoms with Crippen LogP contribution >= 0.6 is 0 Å². The Morgan fingerprint density at radius 1 is 0.692 bits per heavy atom. The van der Waals surface area contributed by atoms with E-state index in [1.54, 1.807) is 0 Å². The van der Waals surface area contributed by atoms with Crippen LogP contribution in [0.1, 0.15) is 53.3 Å². The first-order chi connectivity index (χ1) is 19.0. The maximum Gasteiger partial charge on any atom is 0.193 e. The van der Waals surface area contributed by atoms with Crippen molar-refractivity contribution in [2.45, 2.75) is 32.1 Å². The fraction of sp³-hybridized carbons (Fsp3) is 0.135. The number of para-hydroxylation sites is 1. The number of hydrogen-bond acceptors (Lipinski definition) is 0. The molecule has 0 saturated heterocycles. The Morgan fingerprint density at radius 2 is 1.44 bits per heavy atom. The lowest BCUT2D eigenvalue weighted by molar-refractivity contribution is 0.642. The van der Waals surface area contributed by atoms with Gasteiger partial charge in [-0.25, -0.2) is 0 Å². The van der Waals surface area contributed by atoms with Crippen molar-refractivity contribution in [2.75, 3.05) is 0 Å².